The van der Waals surface area contributed by atoms with Crippen LogP contribution in [0, 0.1) is 0 Å². The van der Waals surface area contributed by atoms with Gasteiger partial charge in [0.1, 0.15) is 5.75 Å². The minimum atomic E-state index is -0.828. The smallest absolute Gasteiger partial charge is 0.118 e. The van der Waals surface area contributed by atoms with Gasteiger partial charge in [-0.2, -0.15) is 0 Å². The second-order valence-electron chi connectivity index (χ2n) is 4.14. The Bertz CT molecular complexity index is 508. The summed E-state index contributed by atoms with van der Waals surface area (Å²) >= 11 is 5.63. The summed E-state index contributed by atoms with van der Waals surface area (Å²) in [4.78, 5) is 0. The Balaban J connectivity index is 1.93. The van der Waals surface area contributed by atoms with Crippen LogP contribution >= 0.6 is 6.70 Å². The zero-order valence-electron chi connectivity index (χ0n) is 10.4. The second-order valence-corrected chi connectivity index (χ2v) is 7.54. The number of hydrogen-bond donors (Lipinski definition) is 0. The molecule has 94 valence electrons. The van der Waals surface area contributed by atoms with Crippen molar-refractivity contribution >= 4 is 23.8 Å². The molecule has 0 amide bonds. The molecule has 0 N–H and O–H groups in total. The molecule has 1 unspecified atom stereocenters. The summed E-state index contributed by atoms with van der Waals surface area (Å²) in [5.41, 5.74) is 1.33. The average Bonchev–Trinajstić information content (AvgIpc) is 2.46. The third-order valence-corrected chi connectivity index (χ3v) is 5.90. The minimum Gasteiger partial charge on any atom is -0.497 e. The molecule has 0 fully saturated rings. The van der Waals surface area contributed by atoms with Gasteiger partial charge in [-0.1, -0.05) is 54.3 Å². The molecule has 0 aromatic heterocycles. The largest absolute Gasteiger partial charge is 0.497 e. The Morgan fingerprint density at radius 3 is 2.28 bits per heavy atom. The Morgan fingerprint density at radius 2 is 1.67 bits per heavy atom. The van der Waals surface area contributed by atoms with Crippen LogP contribution < -0.4 is 10.0 Å². The molecule has 1 nitrogen and oxygen atoms in total. The van der Waals surface area contributed by atoms with Crippen LogP contribution in [-0.2, 0) is 18.2 Å². The number of methoxy groups -OCH3 is 1. The lowest BCUT2D eigenvalue weighted by atomic mass is 10.2. The molecule has 0 heterocycles. The molecule has 0 bridgehead atoms. The van der Waals surface area contributed by atoms with Gasteiger partial charge in [0, 0.05) is 0 Å². The van der Waals surface area contributed by atoms with Gasteiger partial charge in [-0.25, -0.2) is 0 Å². The molecule has 0 spiro atoms. The van der Waals surface area contributed by atoms with Crippen LogP contribution in [0.4, 0.5) is 0 Å². The van der Waals surface area contributed by atoms with E-state index in [1.807, 2.05) is 18.2 Å². The summed E-state index contributed by atoms with van der Waals surface area (Å²) in [6.07, 6.45) is 2.15. The van der Waals surface area contributed by atoms with Gasteiger partial charge in [0.05, 0.1) is 7.11 Å². The van der Waals surface area contributed by atoms with E-state index >= 15 is 0 Å². The monoisotopic (exact) mass is 276 g/mol. The van der Waals surface area contributed by atoms with E-state index in [4.69, 9.17) is 16.5 Å². The lowest BCUT2D eigenvalue weighted by Gasteiger charge is -2.06. The maximum Gasteiger partial charge on any atom is 0.118 e. The maximum absolute atomic E-state index is 5.63. The summed E-state index contributed by atoms with van der Waals surface area (Å²) in [5, 5.41) is 1.34. The second kappa shape index (κ2) is 6.72. The van der Waals surface area contributed by atoms with Crippen LogP contribution in [0.3, 0.4) is 0 Å². The average molecular weight is 276 g/mol. The van der Waals surface area contributed by atoms with Crippen LogP contribution in [0.1, 0.15) is 5.56 Å². The summed E-state index contributed by atoms with van der Waals surface area (Å²) in [6.45, 7) is -0.828. The van der Waals surface area contributed by atoms with E-state index in [2.05, 4.69) is 36.4 Å². The molecule has 2 rings (SSSR count). The number of benzene rings is 2. The Hall–Kier alpha value is -1.11. The van der Waals surface area contributed by atoms with Crippen molar-refractivity contribution in [2.45, 2.75) is 6.42 Å². The molecule has 0 radical (unpaired) electrons. The number of ether oxygens (including phenoxy) is 1. The summed E-state index contributed by atoms with van der Waals surface area (Å²) in [5.74, 6) is 0.908. The first kappa shape index (κ1) is 13.3. The summed E-state index contributed by atoms with van der Waals surface area (Å²) in [7, 11) is 1.69. The molecule has 0 saturated heterocycles. The minimum absolute atomic E-state index is 0.828. The van der Waals surface area contributed by atoms with Crippen molar-refractivity contribution in [1.82, 2.24) is 0 Å². The zero-order chi connectivity index (χ0) is 12.8. The fourth-order valence-electron chi connectivity index (χ4n) is 1.82. The fourth-order valence-corrected chi connectivity index (χ4v) is 3.90. The van der Waals surface area contributed by atoms with Crippen molar-refractivity contribution in [3.8, 4) is 5.75 Å². The van der Waals surface area contributed by atoms with Gasteiger partial charge >= 0.3 is 0 Å². The first-order chi connectivity index (χ1) is 8.79. The lowest BCUT2D eigenvalue weighted by molar-refractivity contribution is 0.414. The molecule has 0 saturated carbocycles. The zero-order valence-corrected chi connectivity index (χ0v) is 12.2. The fraction of sp³-hybridized carbons (Fsp3) is 0.200. The third kappa shape index (κ3) is 3.69. The number of aryl methyl sites for hydroxylation is 1. The van der Waals surface area contributed by atoms with Crippen molar-refractivity contribution in [2.24, 2.45) is 0 Å². The summed E-state index contributed by atoms with van der Waals surface area (Å²) in [6, 6.07) is 18.7. The quantitative estimate of drug-likeness (QED) is 0.775. The van der Waals surface area contributed by atoms with Gasteiger partial charge in [-0.3, -0.25) is 0 Å². The molecule has 0 aliphatic heterocycles. The molecule has 0 aliphatic rings. The van der Waals surface area contributed by atoms with E-state index in [9.17, 15) is 0 Å². The van der Waals surface area contributed by atoms with Gasteiger partial charge in [-0.05, 0) is 42.3 Å². The van der Waals surface area contributed by atoms with Crippen molar-refractivity contribution in [1.29, 1.82) is 0 Å². The van der Waals surface area contributed by atoms with Crippen LogP contribution in [-0.4, -0.2) is 13.3 Å². The van der Waals surface area contributed by atoms with Crippen LogP contribution in [0.2, 0.25) is 0 Å². The first-order valence-electron chi connectivity index (χ1n) is 6.01. The van der Waals surface area contributed by atoms with Crippen molar-refractivity contribution in [2.75, 3.05) is 13.3 Å². The van der Waals surface area contributed by atoms with Crippen molar-refractivity contribution < 1.29 is 4.74 Å². The van der Waals surface area contributed by atoms with Crippen molar-refractivity contribution in [3.63, 3.8) is 0 Å². The highest BCUT2D eigenvalue weighted by Crippen LogP contribution is 2.22. The first-order valence-corrected chi connectivity index (χ1v) is 8.85. The van der Waals surface area contributed by atoms with E-state index in [-0.39, 0.29) is 0 Å². The van der Waals surface area contributed by atoms with E-state index in [1.54, 1.807) is 7.11 Å². The SMILES string of the molecule is COc1ccc(CC[PH](=S)c2ccccc2)cc1. The highest BCUT2D eigenvalue weighted by molar-refractivity contribution is 8.08. The predicted molar refractivity (Wildman–Crippen MR) is 83.3 cm³/mol. The number of hydrogen-bond acceptors (Lipinski definition) is 2. The molecule has 0 aliphatic carbocycles. The molecule has 2 aromatic rings. The Labute approximate surface area is 114 Å². The third-order valence-electron chi connectivity index (χ3n) is 2.90. The molecule has 18 heavy (non-hydrogen) atoms. The van der Waals surface area contributed by atoms with Gasteiger partial charge in [-0.15, -0.1) is 0 Å². The van der Waals surface area contributed by atoms with Crippen LogP contribution in [0.5, 0.6) is 5.75 Å². The molecule has 1 atom stereocenters. The Kier molecular flexibility index (Phi) is 4.98. The topological polar surface area (TPSA) is 9.23 Å². The molecule has 2 aromatic carbocycles. The van der Waals surface area contributed by atoms with Gasteiger partial charge in [0.15, 0.2) is 0 Å². The van der Waals surface area contributed by atoms with E-state index in [0.29, 0.717) is 0 Å². The molecular formula is C15H17OPS. The van der Waals surface area contributed by atoms with Crippen LogP contribution in [0.15, 0.2) is 54.6 Å². The van der Waals surface area contributed by atoms with Gasteiger partial charge in [0.25, 0.3) is 0 Å². The highest BCUT2D eigenvalue weighted by Gasteiger charge is 2.00. The summed E-state index contributed by atoms with van der Waals surface area (Å²) < 4.78 is 5.15. The predicted octanol–water partition coefficient (Wildman–Crippen LogP) is 3.24. The lowest BCUT2D eigenvalue weighted by Crippen LogP contribution is -1.99. The van der Waals surface area contributed by atoms with Gasteiger partial charge < -0.3 is 4.74 Å². The number of rotatable bonds is 5. The van der Waals surface area contributed by atoms with Crippen LogP contribution in [0.25, 0.3) is 0 Å². The standard InChI is InChI=1S/C15H17OPS/c1-16-14-9-7-13(8-10-14)11-12-17(18)15-5-3-2-4-6-15/h2-10,17H,11-12H2,1H3. The van der Waals surface area contributed by atoms with Gasteiger partial charge in [0.2, 0.25) is 0 Å². The maximum atomic E-state index is 5.63. The molecule has 3 heteroatoms. The Morgan fingerprint density at radius 1 is 1.00 bits per heavy atom. The van der Waals surface area contributed by atoms with E-state index < -0.39 is 6.70 Å². The van der Waals surface area contributed by atoms with Crippen molar-refractivity contribution in [3.05, 3.63) is 60.2 Å². The highest BCUT2D eigenvalue weighted by atomic mass is 32.4. The molecular weight excluding hydrogens is 259 g/mol. The normalized spacial score (nSPS) is 12.1. The van der Waals surface area contributed by atoms with E-state index in [1.165, 1.54) is 10.9 Å². The van der Waals surface area contributed by atoms with E-state index in [0.717, 1.165) is 18.3 Å².